The summed E-state index contributed by atoms with van der Waals surface area (Å²) in [6.07, 6.45) is 0. The van der Waals surface area contributed by atoms with Crippen molar-refractivity contribution in [2.45, 2.75) is 19.9 Å². The Morgan fingerprint density at radius 3 is 2.68 bits per heavy atom. The minimum absolute atomic E-state index is 0.0254. The van der Waals surface area contributed by atoms with E-state index in [-0.39, 0.29) is 11.7 Å². The molecule has 106 valence electrons. The van der Waals surface area contributed by atoms with E-state index < -0.39 is 4.92 Å². The van der Waals surface area contributed by atoms with Crippen molar-refractivity contribution in [2.24, 2.45) is 0 Å². The van der Waals surface area contributed by atoms with E-state index in [9.17, 15) is 10.1 Å². The molecule has 19 heavy (non-hydrogen) atoms. The molecular formula is C12H20N4O3. The van der Waals surface area contributed by atoms with Crippen molar-refractivity contribution in [3.8, 4) is 0 Å². The highest BCUT2D eigenvalue weighted by molar-refractivity contribution is 5.56. The Kier molecular flexibility index (Phi) is 5.50. The first-order valence-electron chi connectivity index (χ1n) is 6.09. The number of anilines is 2. The summed E-state index contributed by atoms with van der Waals surface area (Å²) in [5, 5.41) is 13.8. The van der Waals surface area contributed by atoms with Gasteiger partial charge in [0.25, 0.3) is 5.69 Å². The summed E-state index contributed by atoms with van der Waals surface area (Å²) in [5.74, 6) is 1.05. The lowest BCUT2D eigenvalue weighted by molar-refractivity contribution is -0.384. The van der Waals surface area contributed by atoms with E-state index >= 15 is 0 Å². The fraction of sp³-hybridized carbons (Fsp3) is 0.583. The number of nitrogens with one attached hydrogen (secondary N) is 1. The van der Waals surface area contributed by atoms with E-state index in [4.69, 9.17) is 4.74 Å². The van der Waals surface area contributed by atoms with Crippen LogP contribution in [0.25, 0.3) is 0 Å². The summed E-state index contributed by atoms with van der Waals surface area (Å²) in [5.41, 5.74) is 0.0254. The maximum atomic E-state index is 10.9. The van der Waals surface area contributed by atoms with Crippen LogP contribution in [0.15, 0.2) is 12.1 Å². The quantitative estimate of drug-likeness (QED) is 0.601. The van der Waals surface area contributed by atoms with Crippen LogP contribution < -0.4 is 10.2 Å². The topological polar surface area (TPSA) is 80.5 Å². The molecule has 0 fully saturated rings. The lowest BCUT2D eigenvalue weighted by Gasteiger charge is -2.27. The first-order chi connectivity index (χ1) is 8.99. The molecule has 0 aliphatic heterocycles. The van der Waals surface area contributed by atoms with E-state index in [2.05, 4.69) is 10.3 Å². The van der Waals surface area contributed by atoms with Crippen molar-refractivity contribution in [3.05, 3.63) is 22.2 Å². The molecule has 0 spiro atoms. The SMILES string of the molecule is CNc1cc([N+](=O)[O-])cc(N(CCOC)C(C)C)n1. The highest BCUT2D eigenvalue weighted by Crippen LogP contribution is 2.24. The number of aromatic nitrogens is 1. The number of nitrogens with zero attached hydrogens (tertiary/aromatic N) is 3. The zero-order chi connectivity index (χ0) is 14.4. The highest BCUT2D eigenvalue weighted by Gasteiger charge is 2.17. The zero-order valence-electron chi connectivity index (χ0n) is 11.7. The Morgan fingerprint density at radius 1 is 1.53 bits per heavy atom. The molecule has 0 bridgehead atoms. The zero-order valence-corrected chi connectivity index (χ0v) is 11.7. The van der Waals surface area contributed by atoms with E-state index in [0.29, 0.717) is 24.8 Å². The average Bonchev–Trinajstić information content (AvgIpc) is 2.38. The average molecular weight is 268 g/mol. The molecule has 1 aromatic heterocycles. The maximum Gasteiger partial charge on any atom is 0.276 e. The molecule has 1 heterocycles. The normalized spacial score (nSPS) is 10.6. The molecule has 0 saturated carbocycles. The second-order valence-corrected chi connectivity index (χ2v) is 4.36. The third-order valence-electron chi connectivity index (χ3n) is 2.72. The van der Waals surface area contributed by atoms with Crippen LogP contribution in [0.2, 0.25) is 0 Å². The van der Waals surface area contributed by atoms with Gasteiger partial charge < -0.3 is 15.0 Å². The van der Waals surface area contributed by atoms with Crippen LogP contribution in [0, 0.1) is 10.1 Å². The van der Waals surface area contributed by atoms with Gasteiger partial charge in [-0.2, -0.15) is 0 Å². The standard InChI is InChI=1S/C12H20N4O3/c1-9(2)15(5-6-19-4)12-8-10(16(17)18)7-11(13-3)14-12/h7-9H,5-6H2,1-4H3,(H,13,14). The number of ether oxygens (including phenoxy) is 1. The molecule has 0 aliphatic rings. The molecule has 0 radical (unpaired) electrons. The second-order valence-electron chi connectivity index (χ2n) is 4.36. The molecule has 0 unspecified atom stereocenters. The summed E-state index contributed by atoms with van der Waals surface area (Å²) in [6, 6.07) is 3.07. The van der Waals surface area contributed by atoms with Crippen molar-refractivity contribution >= 4 is 17.3 Å². The van der Waals surface area contributed by atoms with Gasteiger partial charge >= 0.3 is 0 Å². The molecule has 7 heteroatoms. The molecule has 7 nitrogen and oxygen atoms in total. The number of rotatable bonds is 7. The molecule has 1 aromatic rings. The first kappa shape index (κ1) is 15.2. The predicted molar refractivity (Wildman–Crippen MR) is 74.8 cm³/mol. The fourth-order valence-corrected chi connectivity index (χ4v) is 1.71. The van der Waals surface area contributed by atoms with Crippen LogP contribution in [0.4, 0.5) is 17.3 Å². The van der Waals surface area contributed by atoms with Gasteiger partial charge in [-0.3, -0.25) is 10.1 Å². The van der Waals surface area contributed by atoms with Gasteiger partial charge in [-0.15, -0.1) is 0 Å². The molecule has 0 aliphatic carbocycles. The molecule has 1 N–H and O–H groups in total. The molecular weight excluding hydrogens is 248 g/mol. The van der Waals surface area contributed by atoms with Gasteiger partial charge in [0.05, 0.1) is 23.7 Å². The van der Waals surface area contributed by atoms with Gasteiger partial charge in [-0.25, -0.2) is 4.98 Å². The molecule has 0 atom stereocenters. The smallest absolute Gasteiger partial charge is 0.276 e. The fourth-order valence-electron chi connectivity index (χ4n) is 1.71. The van der Waals surface area contributed by atoms with Crippen molar-refractivity contribution in [3.63, 3.8) is 0 Å². The van der Waals surface area contributed by atoms with Gasteiger partial charge in [0.1, 0.15) is 11.6 Å². The number of methoxy groups -OCH3 is 1. The van der Waals surface area contributed by atoms with E-state index in [0.717, 1.165) is 0 Å². The Bertz CT molecular complexity index is 437. The molecule has 0 amide bonds. The first-order valence-corrected chi connectivity index (χ1v) is 6.09. The Balaban J connectivity index is 3.13. The van der Waals surface area contributed by atoms with Crippen molar-refractivity contribution in [2.75, 3.05) is 37.5 Å². The number of hydrogen-bond donors (Lipinski definition) is 1. The lowest BCUT2D eigenvalue weighted by atomic mass is 10.3. The summed E-state index contributed by atoms with van der Waals surface area (Å²) >= 11 is 0. The van der Waals surface area contributed by atoms with E-state index in [1.807, 2.05) is 18.7 Å². The molecule has 0 aromatic carbocycles. The van der Waals surface area contributed by atoms with Gasteiger partial charge in [-0.05, 0) is 13.8 Å². The lowest BCUT2D eigenvalue weighted by Crippen LogP contribution is -2.34. The third kappa shape index (κ3) is 4.06. The van der Waals surface area contributed by atoms with Crippen LogP contribution in [0.3, 0.4) is 0 Å². The van der Waals surface area contributed by atoms with Gasteiger partial charge in [-0.1, -0.05) is 0 Å². The largest absolute Gasteiger partial charge is 0.383 e. The number of hydrogen-bond acceptors (Lipinski definition) is 6. The van der Waals surface area contributed by atoms with Crippen LogP contribution in [-0.2, 0) is 4.74 Å². The summed E-state index contributed by atoms with van der Waals surface area (Å²) in [7, 11) is 3.31. The molecule has 0 saturated heterocycles. The minimum atomic E-state index is -0.416. The van der Waals surface area contributed by atoms with Gasteiger partial charge in [0.2, 0.25) is 0 Å². The summed E-state index contributed by atoms with van der Waals surface area (Å²) in [6.45, 7) is 5.19. The van der Waals surface area contributed by atoms with Gasteiger partial charge in [0.15, 0.2) is 0 Å². The summed E-state index contributed by atoms with van der Waals surface area (Å²) < 4.78 is 5.06. The van der Waals surface area contributed by atoms with Crippen LogP contribution in [0.1, 0.15) is 13.8 Å². The van der Waals surface area contributed by atoms with Crippen molar-refractivity contribution < 1.29 is 9.66 Å². The Hall–Kier alpha value is -1.89. The monoisotopic (exact) mass is 268 g/mol. The van der Waals surface area contributed by atoms with Gasteiger partial charge in [0, 0.05) is 26.7 Å². The maximum absolute atomic E-state index is 10.9. The van der Waals surface area contributed by atoms with Crippen LogP contribution >= 0.6 is 0 Å². The Labute approximate surface area is 112 Å². The van der Waals surface area contributed by atoms with E-state index in [1.54, 1.807) is 14.2 Å². The third-order valence-corrected chi connectivity index (χ3v) is 2.72. The number of nitro groups is 1. The molecule has 1 rings (SSSR count). The predicted octanol–water partition coefficient (Wildman–Crippen LogP) is 1.89. The van der Waals surface area contributed by atoms with Crippen LogP contribution in [-0.4, -0.2) is 43.3 Å². The second kappa shape index (κ2) is 6.89. The van der Waals surface area contributed by atoms with Crippen LogP contribution in [0.5, 0.6) is 0 Å². The Morgan fingerprint density at radius 2 is 2.21 bits per heavy atom. The summed E-state index contributed by atoms with van der Waals surface area (Å²) in [4.78, 5) is 16.9. The number of pyridine rings is 1. The minimum Gasteiger partial charge on any atom is -0.383 e. The van der Waals surface area contributed by atoms with E-state index in [1.165, 1.54) is 12.1 Å². The highest BCUT2D eigenvalue weighted by atomic mass is 16.6. The van der Waals surface area contributed by atoms with Crippen molar-refractivity contribution in [1.82, 2.24) is 4.98 Å². The van der Waals surface area contributed by atoms with Crippen molar-refractivity contribution in [1.29, 1.82) is 0 Å².